The Morgan fingerprint density at radius 2 is 1.53 bits per heavy atom. The van der Waals surface area contributed by atoms with Gasteiger partial charge >= 0.3 is 0 Å². The summed E-state index contributed by atoms with van der Waals surface area (Å²) >= 11 is 0. The second kappa shape index (κ2) is 4.83. The summed E-state index contributed by atoms with van der Waals surface area (Å²) in [5.74, 6) is 1.38. The lowest BCUT2D eigenvalue weighted by atomic mass is 9.82. The zero-order valence-corrected chi connectivity index (χ0v) is 11.0. The molecular formula is C15H24. The maximum absolute atomic E-state index is 2.35. The van der Waals surface area contributed by atoms with Crippen molar-refractivity contribution in [2.75, 3.05) is 0 Å². The maximum Gasteiger partial charge on any atom is -0.0162 e. The molecule has 0 saturated carbocycles. The Morgan fingerprint density at radius 3 is 2.00 bits per heavy atom. The van der Waals surface area contributed by atoms with Gasteiger partial charge in [0, 0.05) is 0 Å². The van der Waals surface area contributed by atoms with Crippen molar-refractivity contribution >= 4 is 0 Å². The van der Waals surface area contributed by atoms with E-state index in [1.54, 1.807) is 11.1 Å². The van der Waals surface area contributed by atoms with Crippen LogP contribution < -0.4 is 0 Å². The van der Waals surface area contributed by atoms with Gasteiger partial charge in [0.15, 0.2) is 0 Å². The molecule has 0 aliphatic carbocycles. The van der Waals surface area contributed by atoms with E-state index in [0.717, 1.165) is 12.3 Å². The summed E-state index contributed by atoms with van der Waals surface area (Å²) in [6, 6.07) is 4.52. The van der Waals surface area contributed by atoms with Gasteiger partial charge in [0.2, 0.25) is 0 Å². The summed E-state index contributed by atoms with van der Waals surface area (Å²) in [5, 5.41) is 0. The highest BCUT2D eigenvalue weighted by molar-refractivity contribution is 5.42. The highest BCUT2D eigenvalue weighted by atomic mass is 14.2. The molecule has 1 aromatic carbocycles. The summed E-state index contributed by atoms with van der Waals surface area (Å²) in [6.07, 6.45) is 1.15. The van der Waals surface area contributed by atoms with Crippen LogP contribution >= 0.6 is 0 Å². The second-order valence-electron chi connectivity index (χ2n) is 4.98. The lowest BCUT2D eigenvalue weighted by Gasteiger charge is -2.23. The van der Waals surface area contributed by atoms with Crippen molar-refractivity contribution in [1.29, 1.82) is 0 Å². The summed E-state index contributed by atoms with van der Waals surface area (Å²) in [4.78, 5) is 0. The summed E-state index contributed by atoms with van der Waals surface area (Å²) in [5.41, 5.74) is 6.06. The number of hydrogen-bond acceptors (Lipinski definition) is 0. The van der Waals surface area contributed by atoms with Gasteiger partial charge in [0.05, 0.1) is 0 Å². The van der Waals surface area contributed by atoms with E-state index in [0.29, 0.717) is 5.92 Å². The fourth-order valence-corrected chi connectivity index (χ4v) is 2.33. The molecule has 0 saturated heterocycles. The Labute approximate surface area is 94.7 Å². The lowest BCUT2D eigenvalue weighted by molar-refractivity contribution is 0.529. The summed E-state index contributed by atoms with van der Waals surface area (Å²) in [7, 11) is 0. The van der Waals surface area contributed by atoms with Gasteiger partial charge in [0.1, 0.15) is 0 Å². The first-order chi connectivity index (χ1) is 6.99. The average molecular weight is 204 g/mol. The van der Waals surface area contributed by atoms with Crippen LogP contribution in [0.1, 0.15) is 55.9 Å². The van der Waals surface area contributed by atoms with E-state index in [2.05, 4.69) is 53.7 Å². The highest BCUT2D eigenvalue weighted by Crippen LogP contribution is 2.31. The van der Waals surface area contributed by atoms with E-state index < -0.39 is 0 Å². The molecule has 1 atom stereocenters. The minimum absolute atomic E-state index is 0.667. The van der Waals surface area contributed by atoms with Gasteiger partial charge in [-0.25, -0.2) is 0 Å². The van der Waals surface area contributed by atoms with Gasteiger partial charge in [-0.05, 0) is 54.4 Å². The molecule has 0 amide bonds. The van der Waals surface area contributed by atoms with Crippen LogP contribution in [-0.2, 0) is 6.42 Å². The fraction of sp³-hybridized carbons (Fsp3) is 0.600. The molecule has 0 N–H and O–H groups in total. The SMILES string of the molecule is CCc1c(C)ccc(C)c1C(C)C(C)C. The predicted octanol–water partition coefficient (Wildman–Crippen LogP) is 4.63. The van der Waals surface area contributed by atoms with Gasteiger partial charge in [-0.3, -0.25) is 0 Å². The molecule has 0 aliphatic heterocycles. The largest absolute Gasteiger partial charge is 0.0622 e. The number of hydrogen-bond donors (Lipinski definition) is 0. The quantitative estimate of drug-likeness (QED) is 0.673. The monoisotopic (exact) mass is 204 g/mol. The molecule has 84 valence electrons. The molecule has 15 heavy (non-hydrogen) atoms. The smallest absolute Gasteiger partial charge is 0.0162 e. The predicted molar refractivity (Wildman–Crippen MR) is 68.5 cm³/mol. The molecule has 0 heterocycles. The average Bonchev–Trinajstić information content (AvgIpc) is 2.19. The van der Waals surface area contributed by atoms with Crippen LogP contribution in [0.3, 0.4) is 0 Å². The molecule has 0 heteroatoms. The minimum Gasteiger partial charge on any atom is -0.0622 e. The first-order valence-electron chi connectivity index (χ1n) is 6.08. The van der Waals surface area contributed by atoms with Gasteiger partial charge < -0.3 is 0 Å². The Bertz CT molecular complexity index is 334. The van der Waals surface area contributed by atoms with E-state index in [-0.39, 0.29) is 0 Å². The van der Waals surface area contributed by atoms with Crippen LogP contribution in [0.25, 0.3) is 0 Å². The molecule has 1 rings (SSSR count). The van der Waals surface area contributed by atoms with Crippen molar-refractivity contribution in [2.45, 2.75) is 53.9 Å². The van der Waals surface area contributed by atoms with E-state index >= 15 is 0 Å². The normalized spacial score (nSPS) is 13.3. The van der Waals surface area contributed by atoms with Crippen molar-refractivity contribution in [3.05, 3.63) is 34.4 Å². The number of aryl methyl sites for hydroxylation is 2. The third-order valence-electron chi connectivity index (χ3n) is 3.62. The van der Waals surface area contributed by atoms with Crippen LogP contribution in [0.2, 0.25) is 0 Å². The number of benzene rings is 1. The van der Waals surface area contributed by atoms with Crippen molar-refractivity contribution in [3.63, 3.8) is 0 Å². The molecular weight excluding hydrogens is 180 g/mol. The second-order valence-corrected chi connectivity index (χ2v) is 4.98. The Morgan fingerprint density at radius 1 is 1.00 bits per heavy atom. The van der Waals surface area contributed by atoms with Crippen molar-refractivity contribution in [2.24, 2.45) is 5.92 Å². The molecule has 0 aromatic heterocycles. The fourth-order valence-electron chi connectivity index (χ4n) is 2.33. The topological polar surface area (TPSA) is 0 Å². The molecule has 0 radical (unpaired) electrons. The summed E-state index contributed by atoms with van der Waals surface area (Å²) < 4.78 is 0. The van der Waals surface area contributed by atoms with Crippen molar-refractivity contribution in [1.82, 2.24) is 0 Å². The van der Waals surface area contributed by atoms with Crippen LogP contribution in [-0.4, -0.2) is 0 Å². The zero-order chi connectivity index (χ0) is 11.6. The zero-order valence-electron chi connectivity index (χ0n) is 11.0. The molecule has 0 fully saturated rings. The molecule has 0 spiro atoms. The van der Waals surface area contributed by atoms with Crippen molar-refractivity contribution < 1.29 is 0 Å². The maximum atomic E-state index is 2.35. The Balaban J connectivity index is 3.30. The van der Waals surface area contributed by atoms with Crippen LogP contribution in [0, 0.1) is 19.8 Å². The molecule has 0 nitrogen and oxygen atoms in total. The lowest BCUT2D eigenvalue weighted by Crippen LogP contribution is -2.08. The summed E-state index contributed by atoms with van der Waals surface area (Å²) in [6.45, 7) is 13.7. The van der Waals surface area contributed by atoms with Gasteiger partial charge in [0.25, 0.3) is 0 Å². The van der Waals surface area contributed by atoms with Crippen LogP contribution in [0.4, 0.5) is 0 Å². The van der Waals surface area contributed by atoms with Gasteiger partial charge in [-0.2, -0.15) is 0 Å². The standard InChI is InChI=1S/C15H24/c1-7-14-11(4)8-9-12(5)15(14)13(6)10(2)3/h8-10,13H,7H2,1-6H3. The third kappa shape index (κ3) is 2.42. The highest BCUT2D eigenvalue weighted by Gasteiger charge is 2.16. The van der Waals surface area contributed by atoms with Gasteiger partial charge in [-0.1, -0.05) is 39.8 Å². The Hall–Kier alpha value is -0.780. The molecule has 0 bridgehead atoms. The molecule has 1 unspecified atom stereocenters. The van der Waals surface area contributed by atoms with E-state index in [4.69, 9.17) is 0 Å². The number of rotatable bonds is 3. The van der Waals surface area contributed by atoms with Gasteiger partial charge in [-0.15, -0.1) is 0 Å². The van der Waals surface area contributed by atoms with Crippen molar-refractivity contribution in [3.8, 4) is 0 Å². The van der Waals surface area contributed by atoms with Crippen LogP contribution in [0.5, 0.6) is 0 Å². The molecule has 0 aliphatic rings. The first kappa shape index (κ1) is 12.3. The van der Waals surface area contributed by atoms with Crippen LogP contribution in [0.15, 0.2) is 12.1 Å². The minimum atomic E-state index is 0.667. The van der Waals surface area contributed by atoms with E-state index in [1.165, 1.54) is 11.1 Å². The third-order valence-corrected chi connectivity index (χ3v) is 3.62. The van der Waals surface area contributed by atoms with E-state index in [9.17, 15) is 0 Å². The first-order valence-corrected chi connectivity index (χ1v) is 6.08. The van der Waals surface area contributed by atoms with E-state index in [1.807, 2.05) is 0 Å². The Kier molecular flexibility index (Phi) is 3.96. The molecule has 1 aromatic rings.